The van der Waals surface area contributed by atoms with Gasteiger partial charge in [0.15, 0.2) is 6.61 Å². The van der Waals surface area contributed by atoms with Gasteiger partial charge < -0.3 is 14.8 Å². The van der Waals surface area contributed by atoms with E-state index >= 15 is 0 Å². The van der Waals surface area contributed by atoms with Crippen LogP contribution in [0.5, 0.6) is 5.75 Å². The third kappa shape index (κ3) is 6.55. The van der Waals surface area contributed by atoms with Crippen LogP contribution in [-0.2, 0) is 16.1 Å². The number of urea groups is 1. The minimum atomic E-state index is -0.749. The van der Waals surface area contributed by atoms with E-state index in [1.54, 1.807) is 18.2 Å². The summed E-state index contributed by atoms with van der Waals surface area (Å²) in [7, 11) is 0. The average molecular weight is 447 g/mol. The van der Waals surface area contributed by atoms with Gasteiger partial charge in [-0.2, -0.15) is 0 Å². The van der Waals surface area contributed by atoms with Gasteiger partial charge in [-0.1, -0.05) is 52.3 Å². The summed E-state index contributed by atoms with van der Waals surface area (Å²) in [6.07, 6.45) is 1.47. The highest BCUT2D eigenvalue weighted by Gasteiger charge is 2.16. The fraction of sp³-hybridized carbons (Fsp3) is 0.150. The first kappa shape index (κ1) is 21.2. The Morgan fingerprint density at radius 1 is 1.07 bits per heavy atom. The van der Waals surface area contributed by atoms with Gasteiger partial charge in [0, 0.05) is 16.6 Å². The van der Waals surface area contributed by atoms with Gasteiger partial charge in [-0.15, -0.1) is 6.58 Å². The summed E-state index contributed by atoms with van der Waals surface area (Å²) >= 11 is 3.44. The van der Waals surface area contributed by atoms with Crippen LogP contribution >= 0.6 is 15.9 Å². The van der Waals surface area contributed by atoms with Crippen LogP contribution in [0.2, 0.25) is 0 Å². The Balaban J connectivity index is 1.93. The zero-order valence-corrected chi connectivity index (χ0v) is 16.5. The molecule has 3 amide bonds. The number of hydrogen-bond donors (Lipinski definition) is 2. The summed E-state index contributed by atoms with van der Waals surface area (Å²) in [5, 5.41) is 4.41. The monoisotopic (exact) mass is 446 g/mol. The number of halogens is 1. The fourth-order valence-electron chi connectivity index (χ4n) is 2.11. The van der Waals surface area contributed by atoms with E-state index in [0.717, 1.165) is 10.0 Å². The fourth-order valence-corrected chi connectivity index (χ4v) is 2.51. The molecule has 2 N–H and O–H groups in total. The van der Waals surface area contributed by atoms with Crippen LogP contribution in [0, 0.1) is 0 Å². The Morgan fingerprint density at radius 3 is 2.54 bits per heavy atom. The Labute approximate surface area is 170 Å². The van der Waals surface area contributed by atoms with Crippen molar-refractivity contribution < 1.29 is 23.9 Å². The molecular formula is C20H19BrN2O5. The van der Waals surface area contributed by atoms with Crippen molar-refractivity contribution in [1.82, 2.24) is 10.6 Å². The number of hydrogen-bond acceptors (Lipinski definition) is 5. The molecule has 0 aliphatic heterocycles. The van der Waals surface area contributed by atoms with E-state index < -0.39 is 24.5 Å². The van der Waals surface area contributed by atoms with Crippen LogP contribution < -0.4 is 15.4 Å². The molecule has 0 aromatic heterocycles. The second kappa shape index (κ2) is 10.9. The lowest BCUT2D eigenvalue weighted by Crippen LogP contribution is -2.41. The van der Waals surface area contributed by atoms with Gasteiger partial charge in [-0.05, 0) is 18.2 Å². The molecule has 0 heterocycles. The van der Waals surface area contributed by atoms with Gasteiger partial charge in [0.05, 0.1) is 0 Å². The number of para-hydroxylation sites is 1. The quantitative estimate of drug-likeness (QED) is 0.479. The van der Waals surface area contributed by atoms with Crippen LogP contribution in [-0.4, -0.2) is 31.1 Å². The lowest BCUT2D eigenvalue weighted by atomic mass is 10.2. The van der Waals surface area contributed by atoms with Crippen molar-refractivity contribution >= 4 is 33.8 Å². The van der Waals surface area contributed by atoms with Crippen molar-refractivity contribution in [3.05, 3.63) is 76.8 Å². The molecule has 0 saturated heterocycles. The van der Waals surface area contributed by atoms with Gasteiger partial charge >= 0.3 is 12.0 Å². The molecule has 2 rings (SSSR count). The van der Waals surface area contributed by atoms with Crippen molar-refractivity contribution in [2.75, 3.05) is 13.2 Å². The standard InChI is InChI=1S/C20H19BrN2O5/c1-2-11-22-20(26)23-18(24)13-28-19(25)15-8-4-6-10-17(15)27-12-14-7-3-5-9-16(14)21/h2-10H,1,11-13H2,(H2,22,23,24,26). The highest BCUT2D eigenvalue weighted by atomic mass is 79.9. The van der Waals surface area contributed by atoms with Crippen LogP contribution in [0.3, 0.4) is 0 Å². The van der Waals surface area contributed by atoms with Gasteiger partial charge in [0.1, 0.15) is 17.9 Å². The average Bonchev–Trinajstić information content (AvgIpc) is 2.70. The summed E-state index contributed by atoms with van der Waals surface area (Å²) in [4.78, 5) is 35.3. The van der Waals surface area contributed by atoms with Crippen LogP contribution in [0.4, 0.5) is 4.79 Å². The second-order valence-electron chi connectivity index (χ2n) is 5.50. The third-order valence-electron chi connectivity index (χ3n) is 3.44. The number of carbonyl (C=O) groups excluding carboxylic acids is 3. The predicted octanol–water partition coefficient (Wildman–Crippen LogP) is 3.20. The first-order valence-corrected chi connectivity index (χ1v) is 9.11. The van der Waals surface area contributed by atoms with E-state index in [1.807, 2.05) is 29.6 Å². The number of ether oxygens (including phenoxy) is 2. The van der Waals surface area contributed by atoms with Crippen molar-refractivity contribution in [3.8, 4) is 5.75 Å². The zero-order chi connectivity index (χ0) is 20.4. The van der Waals surface area contributed by atoms with Crippen molar-refractivity contribution in [1.29, 1.82) is 0 Å². The number of imide groups is 1. The highest BCUT2D eigenvalue weighted by molar-refractivity contribution is 9.10. The molecule has 0 aliphatic carbocycles. The lowest BCUT2D eigenvalue weighted by molar-refractivity contribution is -0.123. The molecule has 0 unspecified atom stereocenters. The minimum Gasteiger partial charge on any atom is -0.488 e. The predicted molar refractivity (Wildman–Crippen MR) is 107 cm³/mol. The van der Waals surface area contributed by atoms with E-state index in [4.69, 9.17) is 9.47 Å². The number of amides is 3. The summed E-state index contributed by atoms with van der Waals surface area (Å²) in [5.74, 6) is -1.15. The first-order valence-electron chi connectivity index (χ1n) is 8.32. The molecule has 0 saturated carbocycles. The van der Waals surface area contributed by atoms with Gasteiger partial charge in [0.2, 0.25) is 0 Å². The molecule has 0 fully saturated rings. The third-order valence-corrected chi connectivity index (χ3v) is 4.22. The summed E-state index contributed by atoms with van der Waals surface area (Å²) < 4.78 is 11.6. The number of esters is 1. The van der Waals surface area contributed by atoms with Crippen LogP contribution in [0.1, 0.15) is 15.9 Å². The Morgan fingerprint density at radius 2 is 1.79 bits per heavy atom. The van der Waals surface area contributed by atoms with E-state index in [2.05, 4.69) is 27.8 Å². The van der Waals surface area contributed by atoms with Crippen molar-refractivity contribution in [3.63, 3.8) is 0 Å². The summed E-state index contributed by atoms with van der Waals surface area (Å²) in [6, 6.07) is 13.4. The summed E-state index contributed by atoms with van der Waals surface area (Å²) in [6.45, 7) is 3.30. The van der Waals surface area contributed by atoms with E-state index in [0.29, 0.717) is 5.75 Å². The topological polar surface area (TPSA) is 93.7 Å². The minimum absolute atomic E-state index is 0.179. The Hall–Kier alpha value is -3.13. The van der Waals surface area contributed by atoms with Crippen LogP contribution in [0.25, 0.3) is 0 Å². The maximum absolute atomic E-state index is 12.3. The second-order valence-corrected chi connectivity index (χ2v) is 6.35. The molecule has 0 radical (unpaired) electrons. The lowest BCUT2D eigenvalue weighted by Gasteiger charge is -2.12. The summed E-state index contributed by atoms with van der Waals surface area (Å²) in [5.41, 5.74) is 1.09. The van der Waals surface area contributed by atoms with E-state index in [1.165, 1.54) is 12.1 Å². The molecule has 8 heteroatoms. The molecule has 0 atom stereocenters. The van der Waals surface area contributed by atoms with Crippen molar-refractivity contribution in [2.24, 2.45) is 0 Å². The molecule has 7 nitrogen and oxygen atoms in total. The molecule has 0 aliphatic rings. The maximum Gasteiger partial charge on any atom is 0.342 e. The normalized spacial score (nSPS) is 9.89. The molecule has 146 valence electrons. The first-order chi connectivity index (χ1) is 13.5. The number of nitrogens with one attached hydrogen (secondary N) is 2. The van der Waals surface area contributed by atoms with Crippen molar-refractivity contribution in [2.45, 2.75) is 6.61 Å². The van der Waals surface area contributed by atoms with E-state index in [-0.39, 0.29) is 18.7 Å². The molecule has 0 bridgehead atoms. The highest BCUT2D eigenvalue weighted by Crippen LogP contribution is 2.22. The molecule has 28 heavy (non-hydrogen) atoms. The van der Waals surface area contributed by atoms with Gasteiger partial charge in [0.25, 0.3) is 5.91 Å². The number of rotatable bonds is 8. The molecule has 2 aromatic rings. The molecular weight excluding hydrogens is 428 g/mol. The molecule has 0 spiro atoms. The smallest absolute Gasteiger partial charge is 0.342 e. The van der Waals surface area contributed by atoms with Gasteiger partial charge in [-0.25, -0.2) is 9.59 Å². The largest absolute Gasteiger partial charge is 0.488 e. The maximum atomic E-state index is 12.3. The van der Waals surface area contributed by atoms with Crippen LogP contribution in [0.15, 0.2) is 65.7 Å². The van der Waals surface area contributed by atoms with E-state index in [9.17, 15) is 14.4 Å². The number of carbonyl (C=O) groups is 3. The Bertz CT molecular complexity index is 869. The molecule has 2 aromatic carbocycles. The zero-order valence-electron chi connectivity index (χ0n) is 14.9. The Kier molecular flexibility index (Phi) is 8.23. The number of benzene rings is 2. The van der Waals surface area contributed by atoms with Gasteiger partial charge in [-0.3, -0.25) is 10.1 Å². The SMILES string of the molecule is C=CCNC(=O)NC(=O)COC(=O)c1ccccc1OCc1ccccc1Br.